The van der Waals surface area contributed by atoms with E-state index in [1.165, 1.54) is 0 Å². The zero-order chi connectivity index (χ0) is 14.5. The van der Waals surface area contributed by atoms with Gasteiger partial charge in [-0.1, -0.05) is 0 Å². The van der Waals surface area contributed by atoms with Crippen molar-refractivity contribution in [2.24, 2.45) is 5.73 Å². The van der Waals surface area contributed by atoms with E-state index in [1.54, 1.807) is 0 Å². The number of amides is 1. The monoisotopic (exact) mass is 270 g/mol. The lowest BCUT2D eigenvalue weighted by atomic mass is 9.97. The lowest BCUT2D eigenvalue weighted by molar-refractivity contribution is -0.117. The zero-order valence-electron chi connectivity index (χ0n) is 10.1. The van der Waals surface area contributed by atoms with Crippen LogP contribution in [0.25, 0.3) is 0 Å². The summed E-state index contributed by atoms with van der Waals surface area (Å²) in [6, 6.07) is 3.22. The smallest absolute Gasteiger partial charge is 0.224 e. The fraction of sp³-hybridized carbons (Fsp3) is 0.333. The molecule has 0 aliphatic carbocycles. The second-order valence-electron chi connectivity index (χ2n) is 4.22. The quantitative estimate of drug-likeness (QED) is 0.549. The summed E-state index contributed by atoms with van der Waals surface area (Å²) in [5.74, 6) is -1.45. The number of aliphatic hydroxyl groups excluding tert-OH is 1. The van der Waals surface area contributed by atoms with Gasteiger partial charge in [0.1, 0.15) is 17.9 Å². The number of carbonyl (C=O) groups is 2. The third kappa shape index (κ3) is 4.31. The van der Waals surface area contributed by atoms with Crippen molar-refractivity contribution in [3.05, 3.63) is 24.0 Å². The first-order chi connectivity index (χ1) is 8.90. The third-order valence-electron chi connectivity index (χ3n) is 2.57. The molecule has 0 saturated carbocycles. The molecule has 0 heterocycles. The van der Waals surface area contributed by atoms with Crippen LogP contribution in [-0.4, -0.2) is 34.6 Å². The molecule has 0 bridgehead atoms. The van der Waals surface area contributed by atoms with Crippen LogP contribution in [0.2, 0.25) is 0 Å². The Balaban J connectivity index is 2.61. The number of rotatable bonds is 6. The second kappa shape index (κ2) is 6.26. The van der Waals surface area contributed by atoms with E-state index in [2.05, 4.69) is 5.32 Å². The Morgan fingerprint density at radius 1 is 1.53 bits per heavy atom. The SMILES string of the molecule is N[C@](C=O)(CO)CCC(=O)Nc1cc(O)ccc1F. The molecule has 0 aliphatic rings. The molecule has 1 aromatic rings. The first-order valence-corrected chi connectivity index (χ1v) is 5.54. The van der Waals surface area contributed by atoms with Crippen molar-refractivity contribution in [2.75, 3.05) is 11.9 Å². The van der Waals surface area contributed by atoms with Gasteiger partial charge in [0, 0.05) is 12.5 Å². The highest BCUT2D eigenvalue weighted by Gasteiger charge is 2.24. The Kier molecular flexibility index (Phi) is 4.96. The molecule has 6 nitrogen and oxygen atoms in total. The normalized spacial score (nSPS) is 13.6. The van der Waals surface area contributed by atoms with Crippen molar-refractivity contribution in [3.8, 4) is 5.75 Å². The maximum absolute atomic E-state index is 13.3. The molecule has 1 atom stereocenters. The summed E-state index contributed by atoms with van der Waals surface area (Å²) in [7, 11) is 0. The number of aromatic hydroxyl groups is 1. The highest BCUT2D eigenvalue weighted by atomic mass is 19.1. The average Bonchev–Trinajstić information content (AvgIpc) is 2.40. The predicted octanol–water partition coefficient (Wildman–Crippen LogP) is 0.139. The molecular weight excluding hydrogens is 255 g/mol. The van der Waals surface area contributed by atoms with Crippen LogP contribution in [0.5, 0.6) is 5.75 Å². The number of hydrogen-bond acceptors (Lipinski definition) is 5. The first-order valence-electron chi connectivity index (χ1n) is 5.54. The van der Waals surface area contributed by atoms with Crippen LogP contribution in [0.1, 0.15) is 12.8 Å². The molecule has 5 N–H and O–H groups in total. The van der Waals surface area contributed by atoms with Crippen molar-refractivity contribution in [3.63, 3.8) is 0 Å². The number of nitrogens with one attached hydrogen (secondary N) is 1. The number of nitrogens with two attached hydrogens (primary N) is 1. The summed E-state index contributed by atoms with van der Waals surface area (Å²) in [6.07, 6.45) is 0.138. The molecule has 19 heavy (non-hydrogen) atoms. The van der Waals surface area contributed by atoms with Gasteiger partial charge in [-0.3, -0.25) is 4.79 Å². The van der Waals surface area contributed by atoms with Crippen LogP contribution < -0.4 is 11.1 Å². The summed E-state index contributed by atoms with van der Waals surface area (Å²) < 4.78 is 13.3. The Bertz CT molecular complexity index is 481. The number of carbonyl (C=O) groups excluding carboxylic acids is 2. The average molecular weight is 270 g/mol. The number of aliphatic hydroxyl groups is 1. The fourth-order valence-electron chi connectivity index (χ4n) is 1.34. The predicted molar refractivity (Wildman–Crippen MR) is 66.0 cm³/mol. The standard InChI is InChI=1S/C12H15FN2O4/c13-9-2-1-8(18)5-10(9)15-11(19)3-4-12(14,6-16)7-17/h1-2,5-6,17-18H,3-4,7,14H2,(H,15,19)/t12-/m1/s1. The molecule has 0 aromatic heterocycles. The van der Waals surface area contributed by atoms with Gasteiger partial charge in [-0.15, -0.1) is 0 Å². The fourth-order valence-corrected chi connectivity index (χ4v) is 1.34. The zero-order valence-corrected chi connectivity index (χ0v) is 10.1. The molecule has 0 radical (unpaired) electrons. The molecule has 0 spiro atoms. The Hall–Kier alpha value is -1.99. The van der Waals surface area contributed by atoms with Crippen LogP contribution in [0.3, 0.4) is 0 Å². The van der Waals surface area contributed by atoms with E-state index in [0.29, 0.717) is 6.29 Å². The largest absolute Gasteiger partial charge is 0.508 e. The van der Waals surface area contributed by atoms with Gasteiger partial charge in [0.05, 0.1) is 17.8 Å². The highest BCUT2D eigenvalue weighted by Crippen LogP contribution is 2.20. The van der Waals surface area contributed by atoms with Gasteiger partial charge in [-0.2, -0.15) is 0 Å². The van der Waals surface area contributed by atoms with Gasteiger partial charge in [0.2, 0.25) is 5.91 Å². The molecule has 0 aliphatic heterocycles. The summed E-state index contributed by atoms with van der Waals surface area (Å²) >= 11 is 0. The molecular formula is C12H15FN2O4. The van der Waals surface area contributed by atoms with Crippen LogP contribution in [-0.2, 0) is 9.59 Å². The topological polar surface area (TPSA) is 113 Å². The number of benzene rings is 1. The van der Waals surface area contributed by atoms with E-state index in [-0.39, 0.29) is 24.3 Å². The van der Waals surface area contributed by atoms with Crippen LogP contribution in [0.4, 0.5) is 10.1 Å². The third-order valence-corrected chi connectivity index (χ3v) is 2.57. The molecule has 0 unspecified atom stereocenters. The molecule has 104 valence electrons. The minimum atomic E-state index is -1.48. The number of halogens is 1. The lowest BCUT2D eigenvalue weighted by Gasteiger charge is -2.19. The molecule has 7 heteroatoms. The van der Waals surface area contributed by atoms with E-state index < -0.39 is 23.9 Å². The number of anilines is 1. The number of hydrogen-bond donors (Lipinski definition) is 4. The Morgan fingerprint density at radius 3 is 2.79 bits per heavy atom. The number of phenols is 1. The summed E-state index contributed by atoms with van der Waals surface area (Å²) in [6.45, 7) is -0.579. The molecule has 0 fully saturated rings. The van der Waals surface area contributed by atoms with Crippen molar-refractivity contribution < 1.29 is 24.2 Å². The number of aldehydes is 1. The van der Waals surface area contributed by atoms with E-state index in [1.807, 2.05) is 0 Å². The molecule has 0 saturated heterocycles. The Morgan fingerprint density at radius 2 is 2.21 bits per heavy atom. The van der Waals surface area contributed by atoms with Gasteiger partial charge in [0.15, 0.2) is 0 Å². The number of phenolic OH excluding ortho intramolecular Hbond substituents is 1. The highest BCUT2D eigenvalue weighted by molar-refractivity contribution is 5.91. The summed E-state index contributed by atoms with van der Waals surface area (Å²) in [4.78, 5) is 22.2. The van der Waals surface area contributed by atoms with Gasteiger partial charge in [-0.05, 0) is 18.6 Å². The maximum Gasteiger partial charge on any atom is 0.224 e. The van der Waals surface area contributed by atoms with E-state index in [4.69, 9.17) is 15.9 Å². The van der Waals surface area contributed by atoms with Crippen molar-refractivity contribution in [1.29, 1.82) is 0 Å². The molecule has 1 aromatic carbocycles. The van der Waals surface area contributed by atoms with Gasteiger partial charge >= 0.3 is 0 Å². The van der Waals surface area contributed by atoms with Crippen molar-refractivity contribution in [2.45, 2.75) is 18.4 Å². The van der Waals surface area contributed by atoms with Crippen LogP contribution in [0, 0.1) is 5.82 Å². The van der Waals surface area contributed by atoms with E-state index in [9.17, 15) is 14.0 Å². The minimum absolute atomic E-state index is 0.0702. The Labute approximate surface area is 109 Å². The molecule has 1 rings (SSSR count). The van der Waals surface area contributed by atoms with Gasteiger partial charge in [-0.25, -0.2) is 4.39 Å². The summed E-state index contributed by atoms with van der Waals surface area (Å²) in [5, 5.41) is 20.3. The maximum atomic E-state index is 13.3. The summed E-state index contributed by atoms with van der Waals surface area (Å²) in [5.41, 5.74) is 3.84. The van der Waals surface area contributed by atoms with Gasteiger partial charge in [0.25, 0.3) is 0 Å². The minimum Gasteiger partial charge on any atom is -0.508 e. The molecule has 1 amide bonds. The lowest BCUT2D eigenvalue weighted by Crippen LogP contribution is -2.45. The first kappa shape index (κ1) is 15.1. The van der Waals surface area contributed by atoms with E-state index >= 15 is 0 Å². The van der Waals surface area contributed by atoms with E-state index in [0.717, 1.165) is 18.2 Å². The van der Waals surface area contributed by atoms with Crippen molar-refractivity contribution >= 4 is 17.9 Å². The van der Waals surface area contributed by atoms with Crippen LogP contribution >= 0.6 is 0 Å². The van der Waals surface area contributed by atoms with Crippen LogP contribution in [0.15, 0.2) is 18.2 Å². The van der Waals surface area contributed by atoms with Crippen molar-refractivity contribution in [1.82, 2.24) is 0 Å². The second-order valence-corrected chi connectivity index (χ2v) is 4.22. The van der Waals surface area contributed by atoms with Gasteiger partial charge < -0.3 is 26.1 Å².